The fourth-order valence-electron chi connectivity index (χ4n) is 4.28. The first-order chi connectivity index (χ1) is 9.61. The number of piperidine rings is 1. The third-order valence-corrected chi connectivity index (χ3v) is 5.55. The summed E-state index contributed by atoms with van der Waals surface area (Å²) < 4.78 is 0. The third-order valence-electron chi connectivity index (χ3n) is 5.55. The molecule has 0 radical (unpaired) electrons. The van der Waals surface area contributed by atoms with Crippen LogP contribution in [-0.4, -0.2) is 36.1 Å². The molecule has 1 aliphatic heterocycles. The molecule has 0 aromatic carbocycles. The van der Waals surface area contributed by atoms with Gasteiger partial charge in [0.1, 0.15) is 0 Å². The minimum absolute atomic E-state index is 0.709. The summed E-state index contributed by atoms with van der Waals surface area (Å²) in [5.74, 6) is 1.80. The average Bonchev–Trinajstić information content (AvgIpc) is 2.38. The SMILES string of the molecule is CCCCCC(C)NC1C2CCCC1CN(C(C)C)C2. The Balaban J connectivity index is 1.85. The van der Waals surface area contributed by atoms with Crippen molar-refractivity contribution in [1.29, 1.82) is 0 Å². The summed E-state index contributed by atoms with van der Waals surface area (Å²) in [4.78, 5) is 2.72. The fourth-order valence-corrected chi connectivity index (χ4v) is 4.28. The second-order valence-corrected chi connectivity index (χ2v) is 7.59. The largest absolute Gasteiger partial charge is 0.311 e. The number of likely N-dealkylation sites (tertiary alicyclic amines) is 1. The Labute approximate surface area is 126 Å². The van der Waals surface area contributed by atoms with Crippen LogP contribution in [0.25, 0.3) is 0 Å². The number of nitrogens with one attached hydrogen (secondary N) is 1. The fraction of sp³-hybridized carbons (Fsp3) is 1.00. The third kappa shape index (κ3) is 4.21. The van der Waals surface area contributed by atoms with Gasteiger partial charge in [-0.1, -0.05) is 32.6 Å². The molecule has 3 unspecified atom stereocenters. The van der Waals surface area contributed by atoms with Gasteiger partial charge in [-0.15, -0.1) is 0 Å². The van der Waals surface area contributed by atoms with Gasteiger partial charge in [-0.05, 0) is 51.9 Å². The maximum Gasteiger partial charge on any atom is 0.0150 e. The molecular formula is C18H36N2. The van der Waals surface area contributed by atoms with Crippen LogP contribution < -0.4 is 5.32 Å². The van der Waals surface area contributed by atoms with Gasteiger partial charge < -0.3 is 10.2 Å². The predicted octanol–water partition coefficient (Wildman–Crippen LogP) is 4.05. The van der Waals surface area contributed by atoms with Crippen LogP contribution in [0, 0.1) is 11.8 Å². The molecule has 2 fully saturated rings. The number of hydrogen-bond donors (Lipinski definition) is 1. The van der Waals surface area contributed by atoms with Crippen molar-refractivity contribution < 1.29 is 0 Å². The summed E-state index contributed by atoms with van der Waals surface area (Å²) in [6.45, 7) is 12.1. The molecule has 2 heteroatoms. The highest BCUT2D eigenvalue weighted by Crippen LogP contribution is 2.36. The normalized spacial score (nSPS) is 32.5. The van der Waals surface area contributed by atoms with Crippen molar-refractivity contribution >= 4 is 0 Å². The lowest BCUT2D eigenvalue weighted by molar-refractivity contribution is 0.0253. The Morgan fingerprint density at radius 2 is 1.70 bits per heavy atom. The van der Waals surface area contributed by atoms with E-state index in [0.717, 1.165) is 23.9 Å². The van der Waals surface area contributed by atoms with Crippen LogP contribution in [-0.2, 0) is 0 Å². The molecule has 1 aliphatic carbocycles. The first-order valence-electron chi connectivity index (χ1n) is 9.12. The molecule has 2 rings (SSSR count). The first kappa shape index (κ1) is 16.3. The van der Waals surface area contributed by atoms with Gasteiger partial charge in [0.2, 0.25) is 0 Å². The van der Waals surface area contributed by atoms with Crippen molar-refractivity contribution in [1.82, 2.24) is 10.2 Å². The summed E-state index contributed by atoms with van der Waals surface area (Å²) in [6, 6.07) is 2.23. The quantitative estimate of drug-likeness (QED) is 0.708. The zero-order valence-electron chi connectivity index (χ0n) is 14.2. The summed E-state index contributed by atoms with van der Waals surface area (Å²) in [7, 11) is 0. The van der Waals surface area contributed by atoms with Gasteiger partial charge in [0.05, 0.1) is 0 Å². The van der Waals surface area contributed by atoms with Gasteiger partial charge in [-0.3, -0.25) is 0 Å². The van der Waals surface area contributed by atoms with Crippen molar-refractivity contribution in [2.45, 2.75) is 90.8 Å². The van der Waals surface area contributed by atoms with Crippen LogP contribution in [0.4, 0.5) is 0 Å². The van der Waals surface area contributed by atoms with Crippen LogP contribution in [0.5, 0.6) is 0 Å². The molecule has 1 N–H and O–H groups in total. The lowest BCUT2D eigenvalue weighted by atomic mass is 9.73. The van der Waals surface area contributed by atoms with Gasteiger partial charge in [-0.25, -0.2) is 0 Å². The zero-order valence-corrected chi connectivity index (χ0v) is 14.2. The molecule has 0 aromatic heterocycles. The van der Waals surface area contributed by atoms with Crippen LogP contribution in [0.2, 0.25) is 0 Å². The smallest absolute Gasteiger partial charge is 0.0150 e. The van der Waals surface area contributed by atoms with E-state index in [2.05, 4.69) is 37.9 Å². The topological polar surface area (TPSA) is 15.3 Å². The Bertz CT molecular complexity index is 263. The summed E-state index contributed by atoms with van der Waals surface area (Å²) >= 11 is 0. The minimum atomic E-state index is 0.709. The maximum absolute atomic E-state index is 4.01. The van der Waals surface area contributed by atoms with E-state index in [4.69, 9.17) is 0 Å². The monoisotopic (exact) mass is 280 g/mol. The molecule has 1 saturated carbocycles. The van der Waals surface area contributed by atoms with Gasteiger partial charge >= 0.3 is 0 Å². The highest BCUT2D eigenvalue weighted by molar-refractivity contribution is 4.96. The van der Waals surface area contributed by atoms with E-state index in [1.54, 1.807) is 0 Å². The predicted molar refractivity (Wildman–Crippen MR) is 88.1 cm³/mol. The molecule has 20 heavy (non-hydrogen) atoms. The van der Waals surface area contributed by atoms with Crippen LogP contribution >= 0.6 is 0 Å². The van der Waals surface area contributed by atoms with E-state index in [-0.39, 0.29) is 0 Å². The lowest BCUT2D eigenvalue weighted by Gasteiger charge is -2.50. The molecule has 2 nitrogen and oxygen atoms in total. The average molecular weight is 280 g/mol. The molecular weight excluding hydrogens is 244 g/mol. The standard InChI is InChI=1S/C18H36N2/c1-5-6-7-9-15(4)19-18-16-10-8-11-17(18)13-20(12-16)14(2)3/h14-19H,5-13H2,1-4H3. The highest BCUT2D eigenvalue weighted by Gasteiger charge is 2.40. The van der Waals surface area contributed by atoms with Crippen molar-refractivity contribution in [3.05, 3.63) is 0 Å². The Hall–Kier alpha value is -0.0800. The van der Waals surface area contributed by atoms with E-state index in [9.17, 15) is 0 Å². The van der Waals surface area contributed by atoms with Crippen molar-refractivity contribution in [2.75, 3.05) is 13.1 Å². The molecule has 2 aliphatic rings. The highest BCUT2D eigenvalue weighted by atomic mass is 15.2. The molecule has 1 heterocycles. The Kier molecular flexibility index (Phi) is 6.35. The summed E-state index contributed by atoms with van der Waals surface area (Å²) in [5, 5.41) is 4.01. The molecule has 118 valence electrons. The first-order valence-corrected chi connectivity index (χ1v) is 9.12. The van der Waals surface area contributed by atoms with Crippen LogP contribution in [0.1, 0.15) is 72.6 Å². The zero-order chi connectivity index (χ0) is 14.5. The van der Waals surface area contributed by atoms with Crippen molar-refractivity contribution in [2.24, 2.45) is 11.8 Å². The summed E-state index contributed by atoms with van der Waals surface area (Å²) in [6.07, 6.45) is 9.83. The second kappa shape index (κ2) is 7.79. The second-order valence-electron chi connectivity index (χ2n) is 7.59. The molecule has 3 atom stereocenters. The number of nitrogens with zero attached hydrogens (tertiary/aromatic N) is 1. The van der Waals surface area contributed by atoms with Gasteiger partial charge in [0.25, 0.3) is 0 Å². The molecule has 0 spiro atoms. The molecule has 0 amide bonds. The molecule has 1 saturated heterocycles. The number of unbranched alkanes of at least 4 members (excludes halogenated alkanes) is 2. The molecule has 0 aromatic rings. The van der Waals surface area contributed by atoms with E-state index in [1.165, 1.54) is 58.0 Å². The van der Waals surface area contributed by atoms with Gasteiger partial charge in [0.15, 0.2) is 0 Å². The van der Waals surface area contributed by atoms with E-state index in [0.29, 0.717) is 6.04 Å². The maximum atomic E-state index is 4.01. The van der Waals surface area contributed by atoms with E-state index < -0.39 is 0 Å². The Morgan fingerprint density at radius 3 is 2.25 bits per heavy atom. The minimum Gasteiger partial charge on any atom is -0.311 e. The van der Waals surface area contributed by atoms with Gasteiger partial charge in [-0.2, -0.15) is 0 Å². The van der Waals surface area contributed by atoms with Crippen molar-refractivity contribution in [3.63, 3.8) is 0 Å². The Morgan fingerprint density at radius 1 is 1.05 bits per heavy atom. The number of rotatable bonds is 7. The molecule has 2 bridgehead atoms. The summed E-state index contributed by atoms with van der Waals surface area (Å²) in [5.41, 5.74) is 0. The van der Waals surface area contributed by atoms with E-state index >= 15 is 0 Å². The van der Waals surface area contributed by atoms with Crippen molar-refractivity contribution in [3.8, 4) is 0 Å². The number of fused-ring (bicyclic) bond motifs is 2. The van der Waals surface area contributed by atoms with Gasteiger partial charge in [0, 0.05) is 31.2 Å². The van der Waals surface area contributed by atoms with E-state index in [1.807, 2.05) is 0 Å². The van der Waals surface area contributed by atoms with Crippen LogP contribution in [0.15, 0.2) is 0 Å². The number of hydrogen-bond acceptors (Lipinski definition) is 2. The van der Waals surface area contributed by atoms with Crippen LogP contribution in [0.3, 0.4) is 0 Å². The lowest BCUT2D eigenvalue weighted by Crippen LogP contribution is -2.59.